The van der Waals surface area contributed by atoms with E-state index in [0.717, 1.165) is 5.56 Å². The van der Waals surface area contributed by atoms with Crippen molar-refractivity contribution < 1.29 is 14.3 Å². The summed E-state index contributed by atoms with van der Waals surface area (Å²) in [5, 5.41) is 0.594. The zero-order valence-corrected chi connectivity index (χ0v) is 16.2. The summed E-state index contributed by atoms with van der Waals surface area (Å²) in [5.41, 5.74) is 1.73. The van der Waals surface area contributed by atoms with Crippen LogP contribution < -0.4 is 4.90 Å². The summed E-state index contributed by atoms with van der Waals surface area (Å²) in [6, 6.07) is 13.9. The van der Waals surface area contributed by atoms with Gasteiger partial charge in [0, 0.05) is 5.02 Å². The first-order valence-electron chi connectivity index (χ1n) is 7.80. The summed E-state index contributed by atoms with van der Waals surface area (Å²) in [5.74, 6) is -0.671. The monoisotopic (exact) mass is 403 g/mol. The van der Waals surface area contributed by atoms with Crippen LogP contribution in [0.4, 0.5) is 5.69 Å². The van der Waals surface area contributed by atoms with Gasteiger partial charge in [0.25, 0.3) is 5.91 Å². The number of carbonyl (C=O) groups is 2. The van der Waals surface area contributed by atoms with Gasteiger partial charge in [-0.05, 0) is 48.9 Å². The fourth-order valence-electron chi connectivity index (χ4n) is 2.42. The molecule has 1 saturated heterocycles. The van der Waals surface area contributed by atoms with Crippen LogP contribution in [0.5, 0.6) is 0 Å². The van der Waals surface area contributed by atoms with Crippen molar-refractivity contribution in [3.05, 3.63) is 69.6 Å². The van der Waals surface area contributed by atoms with Gasteiger partial charge in [-0.1, -0.05) is 53.8 Å². The van der Waals surface area contributed by atoms with Gasteiger partial charge in [0.2, 0.25) is 0 Å². The van der Waals surface area contributed by atoms with E-state index in [0.29, 0.717) is 25.5 Å². The lowest BCUT2D eigenvalue weighted by Gasteiger charge is -2.15. The van der Waals surface area contributed by atoms with Crippen molar-refractivity contribution in [3.63, 3.8) is 0 Å². The lowest BCUT2D eigenvalue weighted by molar-refractivity contribution is -0.113. The Morgan fingerprint density at radius 2 is 2.04 bits per heavy atom. The smallest absolute Gasteiger partial charge is 0.338 e. The molecule has 0 N–H and O–H groups in total. The van der Waals surface area contributed by atoms with E-state index in [9.17, 15) is 9.59 Å². The molecule has 2 aromatic carbocycles. The van der Waals surface area contributed by atoms with E-state index in [2.05, 4.69) is 0 Å². The third kappa shape index (κ3) is 3.98. The second kappa shape index (κ2) is 8.03. The number of rotatable bonds is 4. The Bertz CT molecular complexity index is 927. The number of ether oxygens (including phenoxy) is 1. The van der Waals surface area contributed by atoms with Crippen molar-refractivity contribution in [1.82, 2.24) is 0 Å². The highest BCUT2D eigenvalue weighted by atomic mass is 35.5. The molecule has 7 heteroatoms. The number of amides is 1. The van der Waals surface area contributed by atoms with Crippen LogP contribution in [0.1, 0.15) is 22.8 Å². The standard InChI is InChI=1S/C19H14ClNO3S2/c1-2-24-18(23)13-6-4-8-15(11-13)21-17(22)16(26-19(21)25)10-12-5-3-7-14(20)9-12/h3-11H,2H2,1H3. The van der Waals surface area contributed by atoms with Gasteiger partial charge >= 0.3 is 5.97 Å². The third-order valence-corrected chi connectivity index (χ3v) is 5.09. The fraction of sp³-hybridized carbons (Fsp3) is 0.105. The second-order valence-corrected chi connectivity index (χ2v) is 7.46. The molecule has 26 heavy (non-hydrogen) atoms. The van der Waals surface area contributed by atoms with Crippen LogP contribution in [0.25, 0.3) is 6.08 Å². The molecular formula is C19H14ClNO3S2. The Balaban J connectivity index is 1.90. The number of halogens is 1. The van der Waals surface area contributed by atoms with Crippen molar-refractivity contribution in [1.29, 1.82) is 0 Å². The minimum Gasteiger partial charge on any atom is -0.462 e. The van der Waals surface area contributed by atoms with Crippen molar-refractivity contribution in [2.45, 2.75) is 6.92 Å². The fourth-order valence-corrected chi connectivity index (χ4v) is 3.92. The highest BCUT2D eigenvalue weighted by Crippen LogP contribution is 2.36. The molecule has 0 aromatic heterocycles. The first kappa shape index (κ1) is 18.6. The number of hydrogen-bond acceptors (Lipinski definition) is 5. The molecule has 0 spiro atoms. The molecule has 2 aromatic rings. The topological polar surface area (TPSA) is 46.6 Å². The van der Waals surface area contributed by atoms with Gasteiger partial charge < -0.3 is 4.74 Å². The Morgan fingerprint density at radius 1 is 1.27 bits per heavy atom. The van der Waals surface area contributed by atoms with Gasteiger partial charge in [-0.15, -0.1) is 0 Å². The number of thiocarbonyl (C=S) groups is 1. The predicted molar refractivity (Wildman–Crippen MR) is 110 cm³/mol. The van der Waals surface area contributed by atoms with Crippen molar-refractivity contribution in [2.75, 3.05) is 11.5 Å². The summed E-state index contributed by atoms with van der Waals surface area (Å²) in [7, 11) is 0. The largest absolute Gasteiger partial charge is 0.462 e. The second-order valence-electron chi connectivity index (χ2n) is 5.34. The Hall–Kier alpha value is -2.15. The van der Waals surface area contributed by atoms with Gasteiger partial charge in [0.1, 0.15) is 0 Å². The molecular weight excluding hydrogens is 390 g/mol. The average Bonchev–Trinajstić information content (AvgIpc) is 2.89. The quantitative estimate of drug-likeness (QED) is 0.412. The number of nitrogens with zero attached hydrogens (tertiary/aromatic N) is 1. The van der Waals surface area contributed by atoms with Crippen LogP contribution in [0.15, 0.2) is 53.4 Å². The lowest BCUT2D eigenvalue weighted by Crippen LogP contribution is -2.27. The van der Waals surface area contributed by atoms with E-state index in [1.165, 1.54) is 16.7 Å². The number of thioether (sulfide) groups is 1. The molecule has 3 rings (SSSR count). The lowest BCUT2D eigenvalue weighted by atomic mass is 10.2. The summed E-state index contributed by atoms with van der Waals surface area (Å²) in [6.45, 7) is 2.02. The van der Waals surface area contributed by atoms with Crippen molar-refractivity contribution in [2.24, 2.45) is 0 Å². The molecule has 0 saturated carbocycles. The molecule has 1 fully saturated rings. The van der Waals surface area contributed by atoms with Gasteiger partial charge in [-0.25, -0.2) is 4.79 Å². The molecule has 1 aliphatic rings. The Morgan fingerprint density at radius 3 is 2.77 bits per heavy atom. The molecule has 0 unspecified atom stereocenters. The number of esters is 1. The van der Waals surface area contributed by atoms with Crippen LogP contribution in [-0.2, 0) is 9.53 Å². The SMILES string of the molecule is CCOC(=O)c1cccc(N2C(=O)C(=Cc3cccc(Cl)c3)SC2=S)c1. The Labute approximate surface area is 165 Å². The first-order valence-corrected chi connectivity index (χ1v) is 9.40. The molecule has 0 atom stereocenters. The van der Waals surface area contributed by atoms with E-state index in [-0.39, 0.29) is 12.5 Å². The molecule has 1 aliphatic heterocycles. The number of anilines is 1. The minimum atomic E-state index is -0.436. The van der Waals surface area contributed by atoms with Crippen LogP contribution >= 0.6 is 35.6 Å². The maximum absolute atomic E-state index is 12.8. The van der Waals surface area contributed by atoms with Gasteiger partial charge in [0.05, 0.1) is 22.8 Å². The molecule has 0 bridgehead atoms. The molecule has 1 heterocycles. The molecule has 0 aliphatic carbocycles. The van der Waals surface area contributed by atoms with Crippen LogP contribution in [0.2, 0.25) is 5.02 Å². The van der Waals surface area contributed by atoms with Gasteiger partial charge in [0.15, 0.2) is 4.32 Å². The van der Waals surface area contributed by atoms with Gasteiger partial charge in [-0.3, -0.25) is 9.69 Å². The van der Waals surface area contributed by atoms with Crippen LogP contribution in [0, 0.1) is 0 Å². The first-order chi connectivity index (χ1) is 12.5. The summed E-state index contributed by atoms with van der Waals surface area (Å²) < 4.78 is 5.41. The predicted octanol–water partition coefficient (Wildman–Crippen LogP) is 4.92. The average molecular weight is 404 g/mol. The van der Waals surface area contributed by atoms with Crippen molar-refractivity contribution >= 4 is 63.5 Å². The van der Waals surface area contributed by atoms with E-state index in [1.807, 2.05) is 12.1 Å². The highest BCUT2D eigenvalue weighted by molar-refractivity contribution is 8.27. The summed E-state index contributed by atoms with van der Waals surface area (Å²) >= 11 is 12.6. The van der Waals surface area contributed by atoms with Crippen LogP contribution in [0.3, 0.4) is 0 Å². The summed E-state index contributed by atoms with van der Waals surface area (Å²) in [6.07, 6.45) is 1.75. The minimum absolute atomic E-state index is 0.235. The highest BCUT2D eigenvalue weighted by Gasteiger charge is 2.33. The van der Waals surface area contributed by atoms with Crippen LogP contribution in [-0.4, -0.2) is 22.8 Å². The van der Waals surface area contributed by atoms with E-state index < -0.39 is 5.97 Å². The molecule has 1 amide bonds. The zero-order chi connectivity index (χ0) is 18.7. The van der Waals surface area contributed by atoms with Gasteiger partial charge in [-0.2, -0.15) is 0 Å². The Kier molecular flexibility index (Phi) is 5.76. The summed E-state index contributed by atoms with van der Waals surface area (Å²) in [4.78, 5) is 26.7. The van der Waals surface area contributed by atoms with E-state index in [1.54, 1.807) is 49.4 Å². The van der Waals surface area contributed by atoms with Crippen molar-refractivity contribution in [3.8, 4) is 0 Å². The number of benzene rings is 2. The number of hydrogen-bond donors (Lipinski definition) is 0. The van der Waals surface area contributed by atoms with E-state index in [4.69, 9.17) is 28.6 Å². The molecule has 0 radical (unpaired) electrons. The maximum Gasteiger partial charge on any atom is 0.338 e. The number of carbonyl (C=O) groups excluding carboxylic acids is 2. The maximum atomic E-state index is 12.8. The molecule has 4 nitrogen and oxygen atoms in total. The zero-order valence-electron chi connectivity index (χ0n) is 13.8. The molecule has 132 valence electrons. The normalized spacial score (nSPS) is 15.6. The van der Waals surface area contributed by atoms with E-state index >= 15 is 0 Å². The third-order valence-electron chi connectivity index (χ3n) is 3.56.